The van der Waals surface area contributed by atoms with E-state index in [1.807, 2.05) is 35.9 Å². The van der Waals surface area contributed by atoms with Gasteiger partial charge in [-0.1, -0.05) is 23.9 Å². The molecule has 0 saturated heterocycles. The number of hydrogen-bond donors (Lipinski definition) is 1. The molecule has 138 valence electrons. The first-order valence-electron chi connectivity index (χ1n) is 8.98. The molecule has 1 aliphatic carbocycles. The highest BCUT2D eigenvalue weighted by Crippen LogP contribution is 2.39. The standard InChI is InChI=1S/C20H21N5OS/c1-13(27-20-24-22-12-25(20)2)15-4-3-5-17(10-15)23-19(26)16-8-9-21-18(11-16)14-6-7-14/h3-5,8-14H,6-7H2,1-2H3,(H,23,26). The van der Waals surface area contributed by atoms with E-state index in [-0.39, 0.29) is 11.2 Å². The molecule has 4 rings (SSSR count). The lowest BCUT2D eigenvalue weighted by Crippen LogP contribution is -2.12. The number of hydrogen-bond acceptors (Lipinski definition) is 5. The van der Waals surface area contributed by atoms with Gasteiger partial charge in [0, 0.05) is 41.4 Å². The molecule has 1 saturated carbocycles. The number of benzene rings is 1. The zero-order chi connectivity index (χ0) is 18.8. The number of carbonyl (C=O) groups excluding carboxylic acids is 1. The molecule has 1 fully saturated rings. The molecule has 1 amide bonds. The van der Waals surface area contributed by atoms with Gasteiger partial charge >= 0.3 is 0 Å². The quantitative estimate of drug-likeness (QED) is 0.650. The molecule has 6 nitrogen and oxygen atoms in total. The molecular weight excluding hydrogens is 358 g/mol. The van der Waals surface area contributed by atoms with E-state index in [1.54, 1.807) is 30.4 Å². The third-order valence-electron chi connectivity index (χ3n) is 4.60. The minimum atomic E-state index is -0.106. The van der Waals surface area contributed by atoms with E-state index >= 15 is 0 Å². The van der Waals surface area contributed by atoms with Gasteiger partial charge in [0.1, 0.15) is 6.33 Å². The summed E-state index contributed by atoms with van der Waals surface area (Å²) in [5.74, 6) is 0.421. The van der Waals surface area contributed by atoms with Crippen LogP contribution in [0.25, 0.3) is 0 Å². The van der Waals surface area contributed by atoms with Gasteiger partial charge in [0.25, 0.3) is 5.91 Å². The van der Waals surface area contributed by atoms with Crippen molar-refractivity contribution >= 4 is 23.4 Å². The van der Waals surface area contributed by atoms with Crippen molar-refractivity contribution in [3.05, 3.63) is 65.7 Å². The number of aromatic nitrogens is 4. The van der Waals surface area contributed by atoms with Gasteiger partial charge in [0.2, 0.25) is 0 Å². The van der Waals surface area contributed by atoms with Crippen LogP contribution in [-0.2, 0) is 7.05 Å². The highest BCUT2D eigenvalue weighted by Gasteiger charge is 2.25. The maximum Gasteiger partial charge on any atom is 0.255 e. The van der Waals surface area contributed by atoms with Crippen LogP contribution in [0.4, 0.5) is 5.69 Å². The monoisotopic (exact) mass is 379 g/mol. The van der Waals surface area contributed by atoms with Gasteiger partial charge in [0.05, 0.1) is 0 Å². The molecule has 0 bridgehead atoms. The van der Waals surface area contributed by atoms with Crippen molar-refractivity contribution in [2.75, 3.05) is 5.32 Å². The Kier molecular flexibility index (Phi) is 4.94. The number of nitrogens with zero attached hydrogens (tertiary/aromatic N) is 4. The number of aryl methyl sites for hydroxylation is 1. The summed E-state index contributed by atoms with van der Waals surface area (Å²) in [6.07, 6.45) is 5.75. The summed E-state index contributed by atoms with van der Waals surface area (Å²) in [7, 11) is 1.93. The van der Waals surface area contributed by atoms with E-state index in [4.69, 9.17) is 0 Å². The van der Waals surface area contributed by atoms with E-state index in [0.29, 0.717) is 11.5 Å². The lowest BCUT2D eigenvalue weighted by molar-refractivity contribution is 0.102. The summed E-state index contributed by atoms with van der Waals surface area (Å²) in [4.78, 5) is 17.0. The SMILES string of the molecule is CC(Sc1nncn1C)c1cccc(NC(=O)c2ccnc(C3CC3)c2)c1. The average Bonchev–Trinajstić information content (AvgIpc) is 3.46. The summed E-state index contributed by atoms with van der Waals surface area (Å²) in [6.45, 7) is 2.12. The molecule has 1 unspecified atom stereocenters. The first kappa shape index (κ1) is 17.7. The van der Waals surface area contributed by atoms with Gasteiger partial charge < -0.3 is 9.88 Å². The smallest absolute Gasteiger partial charge is 0.255 e. The van der Waals surface area contributed by atoms with Crippen molar-refractivity contribution in [2.24, 2.45) is 7.05 Å². The lowest BCUT2D eigenvalue weighted by atomic mass is 10.1. The minimum absolute atomic E-state index is 0.106. The van der Waals surface area contributed by atoms with Crippen LogP contribution in [0.1, 0.15) is 52.5 Å². The van der Waals surface area contributed by atoms with E-state index < -0.39 is 0 Å². The second-order valence-electron chi connectivity index (χ2n) is 6.81. The van der Waals surface area contributed by atoms with Crippen molar-refractivity contribution in [3.8, 4) is 0 Å². The second kappa shape index (κ2) is 7.52. The van der Waals surface area contributed by atoms with Crippen molar-refractivity contribution < 1.29 is 4.79 Å². The molecular formula is C20H21N5OS. The van der Waals surface area contributed by atoms with E-state index in [9.17, 15) is 4.79 Å². The molecule has 0 radical (unpaired) electrons. The van der Waals surface area contributed by atoms with Crippen LogP contribution in [0.2, 0.25) is 0 Å². The van der Waals surface area contributed by atoms with Crippen LogP contribution in [0.3, 0.4) is 0 Å². The summed E-state index contributed by atoms with van der Waals surface area (Å²) >= 11 is 1.63. The Labute approximate surface area is 162 Å². The molecule has 1 aromatic carbocycles. The maximum absolute atomic E-state index is 12.6. The lowest BCUT2D eigenvalue weighted by Gasteiger charge is -2.13. The van der Waals surface area contributed by atoms with Crippen LogP contribution < -0.4 is 5.32 Å². The Morgan fingerprint density at radius 3 is 2.89 bits per heavy atom. The summed E-state index contributed by atoms with van der Waals surface area (Å²) < 4.78 is 1.90. The third kappa shape index (κ3) is 4.19. The zero-order valence-electron chi connectivity index (χ0n) is 15.3. The number of amides is 1. The van der Waals surface area contributed by atoms with Gasteiger partial charge in [-0.2, -0.15) is 0 Å². The largest absolute Gasteiger partial charge is 0.322 e. The number of nitrogens with one attached hydrogen (secondary N) is 1. The Morgan fingerprint density at radius 1 is 1.30 bits per heavy atom. The van der Waals surface area contributed by atoms with Crippen LogP contribution >= 0.6 is 11.8 Å². The third-order valence-corrected chi connectivity index (χ3v) is 5.81. The maximum atomic E-state index is 12.6. The van der Waals surface area contributed by atoms with E-state index in [2.05, 4.69) is 33.5 Å². The highest BCUT2D eigenvalue weighted by atomic mass is 32.2. The fourth-order valence-electron chi connectivity index (χ4n) is 2.87. The Morgan fingerprint density at radius 2 is 2.15 bits per heavy atom. The molecule has 2 aromatic heterocycles. The highest BCUT2D eigenvalue weighted by molar-refractivity contribution is 7.99. The first-order chi connectivity index (χ1) is 13.1. The molecule has 1 N–H and O–H groups in total. The minimum Gasteiger partial charge on any atom is -0.322 e. The number of thioether (sulfide) groups is 1. The van der Waals surface area contributed by atoms with Gasteiger partial charge in [0.15, 0.2) is 5.16 Å². The van der Waals surface area contributed by atoms with E-state index in [1.165, 1.54) is 12.8 Å². The summed E-state index contributed by atoms with van der Waals surface area (Å²) in [6, 6.07) is 11.6. The Balaban J connectivity index is 1.46. The van der Waals surface area contributed by atoms with Crippen molar-refractivity contribution in [3.63, 3.8) is 0 Å². The fraction of sp³-hybridized carbons (Fsp3) is 0.300. The number of pyridine rings is 1. The predicted molar refractivity (Wildman–Crippen MR) is 106 cm³/mol. The Bertz CT molecular complexity index is 966. The van der Waals surface area contributed by atoms with Gasteiger partial charge in [-0.3, -0.25) is 9.78 Å². The summed E-state index contributed by atoms with van der Waals surface area (Å²) in [5.41, 5.74) is 3.57. The molecule has 1 aliphatic rings. The van der Waals surface area contributed by atoms with Crippen molar-refractivity contribution in [1.82, 2.24) is 19.7 Å². The van der Waals surface area contributed by atoms with Crippen LogP contribution in [0, 0.1) is 0 Å². The van der Waals surface area contributed by atoms with Crippen LogP contribution in [-0.4, -0.2) is 25.7 Å². The molecule has 0 aliphatic heterocycles. The van der Waals surface area contributed by atoms with Crippen molar-refractivity contribution in [1.29, 1.82) is 0 Å². The number of rotatable bonds is 6. The molecule has 2 heterocycles. The van der Waals surface area contributed by atoms with Crippen LogP contribution in [0.5, 0.6) is 0 Å². The van der Waals surface area contributed by atoms with Gasteiger partial charge in [-0.25, -0.2) is 0 Å². The van der Waals surface area contributed by atoms with Gasteiger partial charge in [-0.15, -0.1) is 10.2 Å². The number of carbonyl (C=O) groups is 1. The zero-order valence-corrected chi connectivity index (χ0v) is 16.1. The number of anilines is 1. The molecule has 3 aromatic rings. The summed E-state index contributed by atoms with van der Waals surface area (Å²) in [5, 5.41) is 12.1. The molecule has 27 heavy (non-hydrogen) atoms. The molecule has 7 heteroatoms. The average molecular weight is 379 g/mol. The normalized spacial score (nSPS) is 14.7. The van der Waals surface area contributed by atoms with Crippen molar-refractivity contribution in [2.45, 2.75) is 36.1 Å². The van der Waals surface area contributed by atoms with Crippen LogP contribution in [0.15, 0.2) is 54.1 Å². The second-order valence-corrected chi connectivity index (χ2v) is 8.12. The predicted octanol–water partition coefficient (Wildman–Crippen LogP) is 4.19. The fourth-order valence-corrected chi connectivity index (χ4v) is 3.78. The van der Waals surface area contributed by atoms with Gasteiger partial charge in [-0.05, 0) is 49.6 Å². The van der Waals surface area contributed by atoms with E-state index in [0.717, 1.165) is 22.1 Å². The Hall–Kier alpha value is -2.67. The molecule has 0 spiro atoms. The first-order valence-corrected chi connectivity index (χ1v) is 9.86. The molecule has 1 atom stereocenters. The topological polar surface area (TPSA) is 72.7 Å².